The quantitative estimate of drug-likeness (QED) is 0.658. The van der Waals surface area contributed by atoms with Crippen LogP contribution in [0.2, 0.25) is 0 Å². The minimum Gasteiger partial charge on any atom is -0.244 e. The van der Waals surface area contributed by atoms with Crippen molar-refractivity contribution in [3.63, 3.8) is 0 Å². The van der Waals surface area contributed by atoms with Crippen LogP contribution in [-0.2, 0) is 0 Å². The topological polar surface area (TPSA) is 51.6 Å². The van der Waals surface area contributed by atoms with Crippen LogP contribution in [0.25, 0.3) is 21.6 Å². The van der Waals surface area contributed by atoms with Crippen molar-refractivity contribution in [3.05, 3.63) is 35.4 Å². The maximum atomic E-state index is 4.36. The fourth-order valence-electron chi connectivity index (χ4n) is 1.67. The van der Waals surface area contributed by atoms with E-state index in [1.165, 1.54) is 11.2 Å². The molecule has 0 saturated heterocycles. The Labute approximate surface area is 102 Å². The van der Waals surface area contributed by atoms with Gasteiger partial charge in [-0.25, -0.2) is 19.9 Å². The van der Waals surface area contributed by atoms with E-state index in [-0.39, 0.29) is 0 Å². The Morgan fingerprint density at radius 2 is 1.88 bits per heavy atom. The SMILES string of the molecule is Cc1cnc(-c2cnc3ncnc(C)c3c2)s1. The van der Waals surface area contributed by atoms with Crippen LogP contribution >= 0.6 is 11.3 Å². The lowest BCUT2D eigenvalue weighted by Crippen LogP contribution is -1.90. The fraction of sp³-hybridized carbons (Fsp3) is 0.167. The van der Waals surface area contributed by atoms with E-state index in [0.29, 0.717) is 0 Å². The number of aromatic nitrogens is 4. The zero-order valence-electron chi connectivity index (χ0n) is 9.51. The van der Waals surface area contributed by atoms with Crippen LogP contribution in [0.4, 0.5) is 0 Å². The Morgan fingerprint density at radius 1 is 1.00 bits per heavy atom. The summed E-state index contributed by atoms with van der Waals surface area (Å²) < 4.78 is 0. The van der Waals surface area contributed by atoms with Gasteiger partial charge in [0.15, 0.2) is 5.65 Å². The van der Waals surface area contributed by atoms with Gasteiger partial charge in [0.1, 0.15) is 11.3 Å². The van der Waals surface area contributed by atoms with E-state index in [4.69, 9.17) is 0 Å². The van der Waals surface area contributed by atoms with Gasteiger partial charge in [0.2, 0.25) is 0 Å². The number of aryl methyl sites for hydroxylation is 2. The highest BCUT2D eigenvalue weighted by atomic mass is 32.1. The van der Waals surface area contributed by atoms with Crippen molar-refractivity contribution in [1.82, 2.24) is 19.9 Å². The number of fused-ring (bicyclic) bond motifs is 1. The summed E-state index contributed by atoms with van der Waals surface area (Å²) >= 11 is 1.66. The lowest BCUT2D eigenvalue weighted by atomic mass is 10.2. The van der Waals surface area contributed by atoms with Crippen LogP contribution in [0.15, 0.2) is 24.8 Å². The van der Waals surface area contributed by atoms with E-state index in [9.17, 15) is 0 Å². The molecule has 0 aliphatic heterocycles. The second-order valence-electron chi connectivity index (χ2n) is 3.83. The molecule has 84 valence electrons. The highest BCUT2D eigenvalue weighted by molar-refractivity contribution is 7.14. The summed E-state index contributed by atoms with van der Waals surface area (Å²) in [5.74, 6) is 0. The Bertz CT molecular complexity index is 690. The molecule has 0 aromatic carbocycles. The number of hydrogen-bond acceptors (Lipinski definition) is 5. The van der Waals surface area contributed by atoms with Crippen LogP contribution in [0, 0.1) is 13.8 Å². The van der Waals surface area contributed by atoms with Gasteiger partial charge in [0.05, 0.1) is 5.69 Å². The smallest absolute Gasteiger partial charge is 0.162 e. The first-order chi connectivity index (χ1) is 8.24. The Balaban J connectivity index is 2.22. The van der Waals surface area contributed by atoms with Crippen molar-refractivity contribution < 1.29 is 0 Å². The van der Waals surface area contributed by atoms with Gasteiger partial charge in [-0.1, -0.05) is 0 Å². The van der Waals surface area contributed by atoms with Crippen LogP contribution in [0.3, 0.4) is 0 Å². The van der Waals surface area contributed by atoms with Crippen LogP contribution < -0.4 is 0 Å². The fourth-order valence-corrected chi connectivity index (χ4v) is 2.42. The summed E-state index contributed by atoms with van der Waals surface area (Å²) in [6.45, 7) is 4.01. The van der Waals surface area contributed by atoms with Crippen molar-refractivity contribution >= 4 is 22.4 Å². The largest absolute Gasteiger partial charge is 0.244 e. The molecule has 3 heterocycles. The molecule has 3 aromatic heterocycles. The van der Waals surface area contributed by atoms with E-state index in [2.05, 4.69) is 26.0 Å². The summed E-state index contributed by atoms with van der Waals surface area (Å²) in [7, 11) is 0. The summed E-state index contributed by atoms with van der Waals surface area (Å²) in [5.41, 5.74) is 2.70. The van der Waals surface area contributed by atoms with E-state index >= 15 is 0 Å². The minimum absolute atomic E-state index is 0.731. The first-order valence-electron chi connectivity index (χ1n) is 5.24. The van der Waals surface area contributed by atoms with Crippen molar-refractivity contribution in [3.8, 4) is 10.6 Å². The number of hydrogen-bond donors (Lipinski definition) is 0. The minimum atomic E-state index is 0.731. The zero-order valence-corrected chi connectivity index (χ0v) is 10.3. The summed E-state index contributed by atoms with van der Waals surface area (Å²) in [6.07, 6.45) is 5.23. The summed E-state index contributed by atoms with van der Waals surface area (Å²) in [5, 5.41) is 1.97. The second kappa shape index (κ2) is 3.85. The predicted molar refractivity (Wildman–Crippen MR) is 67.9 cm³/mol. The molecule has 0 atom stereocenters. The van der Waals surface area contributed by atoms with Gasteiger partial charge in [-0.3, -0.25) is 0 Å². The maximum Gasteiger partial charge on any atom is 0.162 e. The molecule has 3 aromatic rings. The number of pyridine rings is 1. The highest BCUT2D eigenvalue weighted by Gasteiger charge is 2.06. The molecular formula is C12H10N4S. The second-order valence-corrected chi connectivity index (χ2v) is 5.07. The molecule has 0 amide bonds. The molecule has 0 radical (unpaired) electrons. The molecule has 5 heteroatoms. The average Bonchev–Trinajstić information content (AvgIpc) is 2.76. The van der Waals surface area contributed by atoms with Crippen LogP contribution in [0.5, 0.6) is 0 Å². The first kappa shape index (κ1) is 10.3. The third-order valence-electron chi connectivity index (χ3n) is 2.56. The third kappa shape index (κ3) is 1.78. The standard InChI is InChI=1S/C12H10N4S/c1-7-4-14-12(17-7)9-3-10-8(2)15-6-16-11(10)13-5-9/h3-6H,1-2H3. The van der Waals surface area contributed by atoms with Gasteiger partial charge >= 0.3 is 0 Å². The summed E-state index contributed by atoms with van der Waals surface area (Å²) in [6, 6.07) is 2.05. The molecule has 3 rings (SSSR count). The molecule has 0 aliphatic rings. The van der Waals surface area contributed by atoms with E-state index in [1.807, 2.05) is 26.2 Å². The zero-order chi connectivity index (χ0) is 11.8. The van der Waals surface area contributed by atoms with Crippen LogP contribution in [0.1, 0.15) is 10.6 Å². The Hall–Kier alpha value is -1.88. The molecule has 0 aliphatic carbocycles. The number of nitrogens with zero attached hydrogens (tertiary/aromatic N) is 4. The van der Waals surface area contributed by atoms with E-state index in [0.717, 1.165) is 27.3 Å². The van der Waals surface area contributed by atoms with Gasteiger partial charge in [-0.05, 0) is 19.9 Å². The first-order valence-corrected chi connectivity index (χ1v) is 6.06. The van der Waals surface area contributed by atoms with Gasteiger partial charge < -0.3 is 0 Å². The maximum absolute atomic E-state index is 4.36. The Kier molecular flexibility index (Phi) is 2.33. The molecule has 0 fully saturated rings. The van der Waals surface area contributed by atoms with Gasteiger partial charge in [0.25, 0.3) is 0 Å². The highest BCUT2D eigenvalue weighted by Crippen LogP contribution is 2.26. The molecule has 17 heavy (non-hydrogen) atoms. The van der Waals surface area contributed by atoms with Crippen LogP contribution in [-0.4, -0.2) is 19.9 Å². The lowest BCUT2D eigenvalue weighted by molar-refractivity contribution is 1.13. The molecule has 0 spiro atoms. The van der Waals surface area contributed by atoms with Crippen molar-refractivity contribution in [2.24, 2.45) is 0 Å². The van der Waals surface area contributed by atoms with E-state index < -0.39 is 0 Å². The van der Waals surface area contributed by atoms with Crippen molar-refractivity contribution in [2.45, 2.75) is 13.8 Å². The summed E-state index contributed by atoms with van der Waals surface area (Å²) in [4.78, 5) is 18.2. The molecule has 4 nitrogen and oxygen atoms in total. The van der Waals surface area contributed by atoms with Gasteiger partial charge in [-0.2, -0.15) is 0 Å². The van der Waals surface area contributed by atoms with Crippen molar-refractivity contribution in [1.29, 1.82) is 0 Å². The molecule has 0 N–H and O–H groups in total. The predicted octanol–water partition coefficient (Wildman–Crippen LogP) is 2.77. The monoisotopic (exact) mass is 242 g/mol. The molecular weight excluding hydrogens is 232 g/mol. The number of thiazole rings is 1. The van der Waals surface area contributed by atoms with Gasteiger partial charge in [-0.15, -0.1) is 11.3 Å². The molecule has 0 bridgehead atoms. The lowest BCUT2D eigenvalue weighted by Gasteiger charge is -2.01. The average molecular weight is 242 g/mol. The number of rotatable bonds is 1. The van der Waals surface area contributed by atoms with E-state index in [1.54, 1.807) is 11.3 Å². The van der Waals surface area contributed by atoms with Crippen molar-refractivity contribution in [2.75, 3.05) is 0 Å². The Morgan fingerprint density at radius 3 is 2.65 bits per heavy atom. The third-order valence-corrected chi connectivity index (χ3v) is 3.52. The van der Waals surface area contributed by atoms with Gasteiger partial charge in [0, 0.05) is 28.2 Å². The molecule has 0 saturated carbocycles. The molecule has 0 unspecified atom stereocenters. The normalized spacial score (nSPS) is 10.9.